The molecule has 3 heterocycles. The summed E-state index contributed by atoms with van der Waals surface area (Å²) in [5.41, 5.74) is 4.12. The molecule has 4 aromatic rings. The molecule has 1 atom stereocenters. The molecule has 6 nitrogen and oxygen atoms in total. The number of aromatic amines is 1. The fourth-order valence-electron chi connectivity index (χ4n) is 3.76. The highest BCUT2D eigenvalue weighted by Crippen LogP contribution is 2.28. The largest absolute Gasteiger partial charge is 0.370 e. The highest BCUT2D eigenvalue weighted by atomic mass is 16.5. The zero-order chi connectivity index (χ0) is 19.6. The number of nitrogens with zero attached hydrogens (tertiary/aromatic N) is 3. The van der Waals surface area contributed by atoms with Crippen LogP contribution in [0.3, 0.4) is 0 Å². The van der Waals surface area contributed by atoms with Gasteiger partial charge in [0.25, 0.3) is 5.91 Å². The smallest absolute Gasteiger partial charge is 0.254 e. The average molecular weight is 384 g/mol. The van der Waals surface area contributed by atoms with Gasteiger partial charge in [0.2, 0.25) is 0 Å². The normalized spacial score (nSPS) is 16.8. The summed E-state index contributed by atoms with van der Waals surface area (Å²) in [7, 11) is 0. The van der Waals surface area contributed by atoms with Crippen molar-refractivity contribution in [3.05, 3.63) is 84.2 Å². The van der Waals surface area contributed by atoms with Crippen molar-refractivity contribution in [2.24, 2.45) is 0 Å². The van der Waals surface area contributed by atoms with Gasteiger partial charge in [-0.3, -0.25) is 9.89 Å². The third kappa shape index (κ3) is 3.39. The number of carbonyl (C=O) groups excluding carboxylic acids is 1. The second kappa shape index (κ2) is 7.48. The van der Waals surface area contributed by atoms with Gasteiger partial charge in [-0.05, 0) is 17.7 Å². The van der Waals surface area contributed by atoms with Crippen molar-refractivity contribution < 1.29 is 9.53 Å². The Morgan fingerprint density at radius 1 is 1.10 bits per heavy atom. The van der Waals surface area contributed by atoms with Crippen LogP contribution in [0.25, 0.3) is 22.2 Å². The summed E-state index contributed by atoms with van der Waals surface area (Å²) < 4.78 is 5.93. The van der Waals surface area contributed by atoms with Crippen LogP contribution in [0.5, 0.6) is 0 Å². The Labute approximate surface area is 168 Å². The second-order valence-corrected chi connectivity index (χ2v) is 7.08. The number of benzene rings is 2. The van der Waals surface area contributed by atoms with Crippen LogP contribution >= 0.6 is 0 Å². The zero-order valence-corrected chi connectivity index (χ0v) is 15.8. The molecular formula is C23H20N4O2. The lowest BCUT2D eigenvalue weighted by Crippen LogP contribution is -2.42. The Kier molecular flexibility index (Phi) is 4.54. The first-order valence-corrected chi connectivity index (χ1v) is 9.64. The van der Waals surface area contributed by atoms with E-state index in [1.54, 1.807) is 12.4 Å². The second-order valence-electron chi connectivity index (χ2n) is 7.08. The molecule has 2 aromatic heterocycles. The lowest BCUT2D eigenvalue weighted by molar-refractivity contribution is -0.0227. The molecule has 0 aliphatic carbocycles. The standard InChI is InChI=1S/C23H20N4O2/c28-23(27-10-11-29-22(15-27)16-6-2-1-3-7-16)19-12-21(17-13-24-25-14-17)26-20-9-5-4-8-18(19)20/h1-9,12-14,22H,10-11,15H2,(H,24,25)/t22-/m0/s1. The first-order chi connectivity index (χ1) is 14.3. The van der Waals surface area contributed by atoms with Crippen molar-refractivity contribution in [1.82, 2.24) is 20.1 Å². The first kappa shape index (κ1) is 17.6. The molecule has 1 fully saturated rings. The van der Waals surface area contributed by atoms with Gasteiger partial charge >= 0.3 is 0 Å². The molecule has 1 aliphatic rings. The van der Waals surface area contributed by atoms with Crippen LogP contribution in [-0.4, -0.2) is 45.7 Å². The minimum Gasteiger partial charge on any atom is -0.370 e. The van der Waals surface area contributed by atoms with E-state index in [9.17, 15) is 4.79 Å². The number of aromatic nitrogens is 3. The van der Waals surface area contributed by atoms with E-state index in [1.165, 1.54) is 0 Å². The number of para-hydroxylation sites is 1. The van der Waals surface area contributed by atoms with E-state index in [0.717, 1.165) is 27.7 Å². The fourth-order valence-corrected chi connectivity index (χ4v) is 3.76. The molecule has 1 N–H and O–H groups in total. The summed E-state index contributed by atoms with van der Waals surface area (Å²) in [5, 5.41) is 7.67. The molecule has 144 valence electrons. The SMILES string of the molecule is O=C(c1cc(-c2cn[nH]c2)nc2ccccc12)N1CCO[C@H](c2ccccc2)C1. The van der Waals surface area contributed by atoms with Crippen molar-refractivity contribution >= 4 is 16.8 Å². The molecule has 1 saturated heterocycles. The number of ether oxygens (including phenoxy) is 1. The number of carbonyl (C=O) groups is 1. The number of pyridine rings is 1. The summed E-state index contributed by atoms with van der Waals surface area (Å²) in [4.78, 5) is 20.1. The topological polar surface area (TPSA) is 71.1 Å². The molecule has 0 bridgehead atoms. The van der Waals surface area contributed by atoms with Crippen molar-refractivity contribution in [3.8, 4) is 11.3 Å². The number of amides is 1. The molecule has 0 unspecified atom stereocenters. The van der Waals surface area contributed by atoms with E-state index in [-0.39, 0.29) is 12.0 Å². The van der Waals surface area contributed by atoms with Gasteiger partial charge < -0.3 is 9.64 Å². The molecule has 5 rings (SSSR count). The van der Waals surface area contributed by atoms with Crippen LogP contribution in [0.1, 0.15) is 22.0 Å². The maximum atomic E-state index is 13.5. The first-order valence-electron chi connectivity index (χ1n) is 9.64. The third-order valence-electron chi connectivity index (χ3n) is 5.27. The summed E-state index contributed by atoms with van der Waals surface area (Å²) in [6, 6.07) is 19.7. The molecule has 0 saturated carbocycles. The molecule has 29 heavy (non-hydrogen) atoms. The molecule has 1 amide bonds. The third-order valence-corrected chi connectivity index (χ3v) is 5.27. The van der Waals surface area contributed by atoms with Gasteiger partial charge in [-0.15, -0.1) is 0 Å². The Hall–Kier alpha value is -3.51. The molecule has 6 heteroatoms. The van der Waals surface area contributed by atoms with Crippen LogP contribution in [0, 0.1) is 0 Å². The highest BCUT2D eigenvalue weighted by molar-refractivity contribution is 6.07. The fraction of sp³-hybridized carbons (Fsp3) is 0.174. The number of rotatable bonds is 3. The number of morpholine rings is 1. The van der Waals surface area contributed by atoms with Gasteiger partial charge in [0.15, 0.2) is 0 Å². The van der Waals surface area contributed by atoms with Gasteiger partial charge in [0.05, 0.1) is 36.1 Å². The van der Waals surface area contributed by atoms with E-state index in [4.69, 9.17) is 9.72 Å². The van der Waals surface area contributed by atoms with Crippen molar-refractivity contribution in [2.75, 3.05) is 19.7 Å². The van der Waals surface area contributed by atoms with Crippen molar-refractivity contribution in [1.29, 1.82) is 0 Å². The lowest BCUT2D eigenvalue weighted by Gasteiger charge is -2.33. The van der Waals surface area contributed by atoms with E-state index >= 15 is 0 Å². The minimum atomic E-state index is -0.115. The number of hydrogen-bond donors (Lipinski definition) is 1. The molecule has 2 aromatic carbocycles. The lowest BCUT2D eigenvalue weighted by atomic mass is 10.0. The monoisotopic (exact) mass is 384 g/mol. The number of H-pyrrole nitrogens is 1. The number of hydrogen-bond acceptors (Lipinski definition) is 4. The molecule has 1 aliphatic heterocycles. The van der Waals surface area contributed by atoms with Gasteiger partial charge in [-0.2, -0.15) is 5.10 Å². The quantitative estimate of drug-likeness (QED) is 0.583. The highest BCUT2D eigenvalue weighted by Gasteiger charge is 2.27. The predicted molar refractivity (Wildman–Crippen MR) is 110 cm³/mol. The van der Waals surface area contributed by atoms with E-state index < -0.39 is 0 Å². The van der Waals surface area contributed by atoms with Crippen LogP contribution in [-0.2, 0) is 4.74 Å². The van der Waals surface area contributed by atoms with Gasteiger partial charge in [0, 0.05) is 23.7 Å². The van der Waals surface area contributed by atoms with E-state index in [1.807, 2.05) is 65.6 Å². The molecule has 0 spiro atoms. The zero-order valence-electron chi connectivity index (χ0n) is 15.8. The summed E-state index contributed by atoms with van der Waals surface area (Å²) in [6.45, 7) is 1.61. The van der Waals surface area contributed by atoms with Gasteiger partial charge in [0.1, 0.15) is 6.10 Å². The van der Waals surface area contributed by atoms with E-state index in [2.05, 4.69) is 10.2 Å². The Balaban J connectivity index is 1.52. The molecule has 0 radical (unpaired) electrons. The number of nitrogens with one attached hydrogen (secondary N) is 1. The van der Waals surface area contributed by atoms with E-state index in [0.29, 0.717) is 25.3 Å². The maximum absolute atomic E-state index is 13.5. The number of fused-ring (bicyclic) bond motifs is 1. The summed E-state index contributed by atoms with van der Waals surface area (Å²) in [6.07, 6.45) is 3.38. The summed E-state index contributed by atoms with van der Waals surface area (Å²) >= 11 is 0. The van der Waals surface area contributed by atoms with Crippen molar-refractivity contribution in [2.45, 2.75) is 6.10 Å². The minimum absolute atomic E-state index is 0.00224. The Morgan fingerprint density at radius 2 is 1.93 bits per heavy atom. The van der Waals surface area contributed by atoms with Crippen LogP contribution in [0.2, 0.25) is 0 Å². The predicted octanol–water partition coefficient (Wildman–Crippen LogP) is 3.84. The molecular weight excluding hydrogens is 364 g/mol. The van der Waals surface area contributed by atoms with Crippen LogP contribution < -0.4 is 0 Å². The maximum Gasteiger partial charge on any atom is 0.254 e. The average Bonchev–Trinajstić information content (AvgIpc) is 3.34. The van der Waals surface area contributed by atoms with Gasteiger partial charge in [-0.25, -0.2) is 4.98 Å². The van der Waals surface area contributed by atoms with Crippen molar-refractivity contribution in [3.63, 3.8) is 0 Å². The Bertz CT molecular complexity index is 1140. The Morgan fingerprint density at radius 3 is 2.76 bits per heavy atom. The van der Waals surface area contributed by atoms with Crippen LogP contribution in [0.4, 0.5) is 0 Å². The van der Waals surface area contributed by atoms with Gasteiger partial charge in [-0.1, -0.05) is 48.5 Å². The van der Waals surface area contributed by atoms with Crippen LogP contribution in [0.15, 0.2) is 73.1 Å². The summed E-state index contributed by atoms with van der Waals surface area (Å²) in [5.74, 6) is -0.00224.